The highest BCUT2D eigenvalue weighted by Crippen LogP contribution is 2.40. The summed E-state index contributed by atoms with van der Waals surface area (Å²) in [5.74, 6) is 0.277. The summed E-state index contributed by atoms with van der Waals surface area (Å²) in [6.45, 7) is 8.19. The zero-order chi connectivity index (χ0) is 24.6. The molecule has 1 aromatic carbocycles. The average Bonchev–Trinajstić information content (AvgIpc) is 3.09. The third-order valence-corrected chi connectivity index (χ3v) is 8.26. The number of fused-ring (bicyclic) bond motifs is 1. The van der Waals surface area contributed by atoms with Gasteiger partial charge in [0, 0.05) is 45.3 Å². The summed E-state index contributed by atoms with van der Waals surface area (Å²) in [5, 5.41) is 14.3. The monoisotopic (exact) mass is 481 g/mol. The molecule has 3 N–H and O–H groups in total. The van der Waals surface area contributed by atoms with Crippen LogP contribution in [0.5, 0.6) is 0 Å². The van der Waals surface area contributed by atoms with E-state index in [4.69, 9.17) is 0 Å². The van der Waals surface area contributed by atoms with Gasteiger partial charge in [0.15, 0.2) is 0 Å². The Balaban J connectivity index is 1.65. The van der Waals surface area contributed by atoms with E-state index < -0.39 is 5.60 Å². The Morgan fingerprint density at radius 3 is 2.65 bits per heavy atom. The Labute approximate surface area is 205 Å². The van der Waals surface area contributed by atoms with Gasteiger partial charge in [0.1, 0.15) is 0 Å². The molecule has 0 radical (unpaired) electrons. The Morgan fingerprint density at radius 2 is 1.97 bits per heavy atom. The zero-order valence-corrected chi connectivity index (χ0v) is 21.5. The van der Waals surface area contributed by atoms with Gasteiger partial charge in [-0.3, -0.25) is 9.59 Å². The van der Waals surface area contributed by atoms with Crippen LogP contribution in [-0.2, 0) is 6.54 Å². The normalized spacial score (nSPS) is 21.5. The topological polar surface area (TPSA) is 87.1 Å². The number of hydrogen-bond acceptors (Lipinski definition) is 4. The van der Waals surface area contributed by atoms with Crippen LogP contribution in [0.2, 0.25) is 0 Å². The predicted octanol–water partition coefficient (Wildman–Crippen LogP) is 5.10. The highest BCUT2D eigenvalue weighted by Gasteiger charge is 2.33. The second-order valence-electron chi connectivity index (χ2n) is 9.93. The molecule has 7 heteroatoms. The third kappa shape index (κ3) is 4.68. The van der Waals surface area contributed by atoms with Gasteiger partial charge in [0.05, 0.1) is 11.2 Å². The van der Waals surface area contributed by atoms with Crippen LogP contribution in [0.25, 0.3) is 10.9 Å². The first kappa shape index (κ1) is 24.6. The fourth-order valence-electron chi connectivity index (χ4n) is 5.45. The summed E-state index contributed by atoms with van der Waals surface area (Å²) in [6, 6.07) is 10.2. The van der Waals surface area contributed by atoms with E-state index in [1.165, 1.54) is 11.8 Å². The molecular formula is C27H35N3O3S. The molecule has 1 saturated carbocycles. The first-order chi connectivity index (χ1) is 16.1. The number of benzene rings is 1. The van der Waals surface area contributed by atoms with Crippen molar-refractivity contribution in [2.75, 3.05) is 6.26 Å². The minimum Gasteiger partial charge on any atom is -0.390 e. The first-order valence-corrected chi connectivity index (χ1v) is 13.2. The number of aromatic nitrogens is 2. The number of para-hydroxylation sites is 1. The molecule has 182 valence electrons. The Kier molecular flexibility index (Phi) is 6.97. The number of carbonyl (C=O) groups excluding carboxylic acids is 1. The van der Waals surface area contributed by atoms with Crippen molar-refractivity contribution < 1.29 is 9.90 Å². The lowest BCUT2D eigenvalue weighted by molar-refractivity contribution is 0.00153. The lowest BCUT2D eigenvalue weighted by atomic mass is 9.77. The third-order valence-electron chi connectivity index (χ3n) is 7.46. The van der Waals surface area contributed by atoms with E-state index in [2.05, 4.69) is 27.9 Å². The minimum absolute atomic E-state index is 0.161. The molecule has 6 nitrogen and oxygen atoms in total. The first-order valence-electron chi connectivity index (χ1n) is 12.0. The molecule has 1 unspecified atom stereocenters. The molecule has 1 fully saturated rings. The Morgan fingerprint density at radius 1 is 1.29 bits per heavy atom. The van der Waals surface area contributed by atoms with E-state index in [9.17, 15) is 14.7 Å². The number of H-pyrrole nitrogens is 1. The SMILES string of the molecule is CSc1cc(C)[nH]c(=O)c1CNC(=O)c1c(C)n(C(C)C2CCC(C)(O)CC2)c2ccccc12. The molecule has 0 aliphatic heterocycles. The van der Waals surface area contributed by atoms with Crippen molar-refractivity contribution in [2.45, 2.75) is 76.5 Å². The number of nitrogens with one attached hydrogen (secondary N) is 2. The molecule has 0 saturated heterocycles. The summed E-state index contributed by atoms with van der Waals surface area (Å²) in [7, 11) is 0. The van der Waals surface area contributed by atoms with Crippen molar-refractivity contribution in [3.05, 3.63) is 63.2 Å². The van der Waals surface area contributed by atoms with Crippen LogP contribution in [0.1, 0.15) is 72.9 Å². The molecule has 1 aliphatic rings. The van der Waals surface area contributed by atoms with E-state index in [1.807, 2.05) is 51.3 Å². The zero-order valence-electron chi connectivity index (χ0n) is 20.7. The second-order valence-corrected chi connectivity index (χ2v) is 10.8. The van der Waals surface area contributed by atoms with Gasteiger partial charge < -0.3 is 20.0 Å². The lowest BCUT2D eigenvalue weighted by Gasteiger charge is -2.37. The Bertz CT molecular complexity index is 1260. The van der Waals surface area contributed by atoms with Crippen LogP contribution < -0.4 is 10.9 Å². The number of pyridine rings is 1. The molecule has 0 spiro atoms. The molecule has 0 bridgehead atoms. The van der Waals surface area contributed by atoms with Gasteiger partial charge in [-0.05, 0) is 77.7 Å². The van der Waals surface area contributed by atoms with Gasteiger partial charge in [0.25, 0.3) is 11.5 Å². The highest BCUT2D eigenvalue weighted by molar-refractivity contribution is 7.98. The number of aromatic amines is 1. The number of aliphatic hydroxyl groups is 1. The summed E-state index contributed by atoms with van der Waals surface area (Å²) in [5.41, 5.74) is 3.31. The fraction of sp³-hybridized carbons (Fsp3) is 0.481. The second kappa shape index (κ2) is 9.62. The maximum atomic E-state index is 13.5. The van der Waals surface area contributed by atoms with E-state index >= 15 is 0 Å². The van der Waals surface area contributed by atoms with E-state index in [0.29, 0.717) is 17.0 Å². The van der Waals surface area contributed by atoms with Crippen LogP contribution in [0, 0.1) is 19.8 Å². The van der Waals surface area contributed by atoms with Crippen molar-refractivity contribution in [1.82, 2.24) is 14.9 Å². The van der Waals surface area contributed by atoms with Gasteiger partial charge in [-0.1, -0.05) is 18.2 Å². The number of rotatable bonds is 6. The quantitative estimate of drug-likeness (QED) is 0.428. The number of hydrogen-bond donors (Lipinski definition) is 3. The largest absolute Gasteiger partial charge is 0.390 e. The predicted molar refractivity (Wildman–Crippen MR) is 139 cm³/mol. The average molecular weight is 482 g/mol. The van der Waals surface area contributed by atoms with Gasteiger partial charge in [-0.25, -0.2) is 0 Å². The number of amides is 1. The van der Waals surface area contributed by atoms with E-state index in [1.54, 1.807) is 0 Å². The lowest BCUT2D eigenvalue weighted by Crippen LogP contribution is -2.33. The summed E-state index contributed by atoms with van der Waals surface area (Å²) >= 11 is 1.51. The van der Waals surface area contributed by atoms with Crippen LogP contribution >= 0.6 is 11.8 Å². The number of carbonyl (C=O) groups is 1. The molecular weight excluding hydrogens is 446 g/mol. The van der Waals surface area contributed by atoms with Gasteiger partial charge in [-0.15, -0.1) is 11.8 Å². The number of nitrogens with zero attached hydrogens (tertiary/aromatic N) is 1. The van der Waals surface area contributed by atoms with Crippen LogP contribution in [-0.4, -0.2) is 32.4 Å². The molecule has 1 atom stereocenters. The van der Waals surface area contributed by atoms with Crippen LogP contribution in [0.3, 0.4) is 0 Å². The highest BCUT2D eigenvalue weighted by atomic mass is 32.2. The smallest absolute Gasteiger partial charge is 0.254 e. The standard InChI is InChI=1S/C27H35N3O3S/c1-16-14-23(34-5)21(25(31)29-16)15-28-26(32)24-18(3)30(22-9-7-6-8-20(22)24)17(2)19-10-12-27(4,33)13-11-19/h6-9,14,17,19,33H,10-13,15H2,1-5H3,(H,28,32)(H,29,31). The number of aryl methyl sites for hydroxylation is 1. The fourth-order valence-corrected chi connectivity index (χ4v) is 6.16. The molecule has 2 heterocycles. The van der Waals surface area contributed by atoms with Crippen LogP contribution in [0.4, 0.5) is 0 Å². The molecule has 3 aromatic rings. The van der Waals surface area contributed by atoms with Gasteiger partial charge in [0.2, 0.25) is 0 Å². The van der Waals surface area contributed by atoms with Gasteiger partial charge in [-0.2, -0.15) is 0 Å². The summed E-state index contributed by atoms with van der Waals surface area (Å²) < 4.78 is 2.29. The van der Waals surface area contributed by atoms with Crippen molar-refractivity contribution >= 4 is 28.6 Å². The minimum atomic E-state index is -0.571. The van der Waals surface area contributed by atoms with Crippen molar-refractivity contribution in [2.24, 2.45) is 5.92 Å². The van der Waals surface area contributed by atoms with E-state index in [0.717, 1.165) is 52.9 Å². The van der Waals surface area contributed by atoms with Crippen molar-refractivity contribution in [1.29, 1.82) is 0 Å². The molecule has 1 amide bonds. The van der Waals surface area contributed by atoms with Crippen LogP contribution in [0.15, 0.2) is 40.0 Å². The maximum Gasteiger partial charge on any atom is 0.254 e. The molecule has 34 heavy (non-hydrogen) atoms. The maximum absolute atomic E-state index is 13.5. The summed E-state index contributed by atoms with van der Waals surface area (Å²) in [4.78, 5) is 29.7. The molecule has 2 aromatic heterocycles. The Hall–Kier alpha value is -2.51. The number of thioether (sulfide) groups is 1. The molecule has 1 aliphatic carbocycles. The van der Waals surface area contributed by atoms with Crippen molar-refractivity contribution in [3.63, 3.8) is 0 Å². The van der Waals surface area contributed by atoms with Crippen molar-refractivity contribution in [3.8, 4) is 0 Å². The summed E-state index contributed by atoms with van der Waals surface area (Å²) in [6.07, 6.45) is 5.47. The van der Waals surface area contributed by atoms with Gasteiger partial charge >= 0.3 is 0 Å². The van der Waals surface area contributed by atoms with E-state index in [-0.39, 0.29) is 24.1 Å². The molecule has 4 rings (SSSR count).